The Balaban J connectivity index is 1.89. The van der Waals surface area contributed by atoms with E-state index in [0.29, 0.717) is 13.0 Å². The average molecular weight is 317 g/mol. The second kappa shape index (κ2) is 8.06. The summed E-state index contributed by atoms with van der Waals surface area (Å²) in [6.07, 6.45) is 0.335. The molecule has 4 nitrogen and oxygen atoms in total. The summed E-state index contributed by atoms with van der Waals surface area (Å²) in [7, 11) is 0. The lowest BCUT2D eigenvalue weighted by atomic mass is 10.2. The zero-order valence-corrected chi connectivity index (χ0v) is 14.2. The molecular formula is C17H23N3OS. The van der Waals surface area contributed by atoms with Gasteiger partial charge in [-0.1, -0.05) is 36.8 Å². The summed E-state index contributed by atoms with van der Waals surface area (Å²) in [6, 6.07) is 8.57. The number of aryl methyl sites for hydroxylation is 1. The highest BCUT2D eigenvalue weighted by atomic mass is 32.1. The van der Waals surface area contributed by atoms with Gasteiger partial charge in [-0.25, -0.2) is 4.98 Å². The molecule has 1 amide bonds. The summed E-state index contributed by atoms with van der Waals surface area (Å²) in [5.74, 6) is 0.0190. The van der Waals surface area contributed by atoms with Crippen LogP contribution >= 0.6 is 11.3 Å². The lowest BCUT2D eigenvalue weighted by molar-refractivity contribution is -0.120. The number of hydrogen-bond donors (Lipinski definition) is 2. The van der Waals surface area contributed by atoms with Crippen molar-refractivity contribution in [3.8, 4) is 10.6 Å². The Morgan fingerprint density at radius 1 is 1.32 bits per heavy atom. The van der Waals surface area contributed by atoms with E-state index in [0.717, 1.165) is 22.8 Å². The van der Waals surface area contributed by atoms with Crippen LogP contribution in [0.15, 0.2) is 29.6 Å². The fourth-order valence-electron chi connectivity index (χ4n) is 2.13. The first-order chi connectivity index (χ1) is 10.6. The Labute approximate surface area is 136 Å². The molecule has 22 heavy (non-hydrogen) atoms. The van der Waals surface area contributed by atoms with Gasteiger partial charge in [-0.15, -0.1) is 11.3 Å². The maximum Gasteiger partial charge on any atom is 0.226 e. The zero-order chi connectivity index (χ0) is 15.9. The molecule has 2 rings (SSSR count). The smallest absolute Gasteiger partial charge is 0.226 e. The molecule has 0 bridgehead atoms. The van der Waals surface area contributed by atoms with Crippen molar-refractivity contribution in [3.05, 3.63) is 40.9 Å². The largest absolute Gasteiger partial charge is 0.354 e. The van der Waals surface area contributed by atoms with Gasteiger partial charge in [0.25, 0.3) is 0 Å². The molecule has 0 saturated carbocycles. The molecule has 1 heterocycles. The van der Waals surface area contributed by atoms with Crippen molar-refractivity contribution in [1.82, 2.24) is 15.6 Å². The highest BCUT2D eigenvalue weighted by Gasteiger charge is 2.10. The van der Waals surface area contributed by atoms with Gasteiger partial charge in [-0.05, 0) is 20.4 Å². The Morgan fingerprint density at radius 2 is 2.05 bits per heavy atom. The third-order valence-corrected chi connectivity index (χ3v) is 4.29. The number of thiazole rings is 1. The molecule has 0 radical (unpaired) electrons. The molecule has 1 atom stereocenters. The van der Waals surface area contributed by atoms with Crippen LogP contribution in [0.25, 0.3) is 10.6 Å². The minimum atomic E-state index is 0.0190. The van der Waals surface area contributed by atoms with Crippen molar-refractivity contribution >= 4 is 17.2 Å². The van der Waals surface area contributed by atoms with Crippen LogP contribution < -0.4 is 10.6 Å². The van der Waals surface area contributed by atoms with Gasteiger partial charge in [0.1, 0.15) is 5.01 Å². The summed E-state index contributed by atoms with van der Waals surface area (Å²) in [6.45, 7) is 7.72. The normalized spacial score (nSPS) is 12.1. The number of nitrogens with zero attached hydrogens (tertiary/aromatic N) is 1. The summed E-state index contributed by atoms with van der Waals surface area (Å²) < 4.78 is 0. The molecule has 0 fully saturated rings. The SMILES string of the molecule is CCN[C@H](C)CNC(=O)Cc1csc(-c2ccc(C)cc2)n1. The number of carbonyl (C=O) groups excluding carboxylic acids is 1. The third kappa shape index (κ3) is 4.93. The molecule has 0 aliphatic carbocycles. The summed E-state index contributed by atoms with van der Waals surface area (Å²) in [5, 5.41) is 9.12. The maximum absolute atomic E-state index is 11.9. The van der Waals surface area contributed by atoms with E-state index < -0.39 is 0 Å². The van der Waals surface area contributed by atoms with Crippen LogP contribution in [0, 0.1) is 6.92 Å². The minimum Gasteiger partial charge on any atom is -0.354 e. The van der Waals surface area contributed by atoms with Crippen molar-refractivity contribution in [2.45, 2.75) is 33.2 Å². The van der Waals surface area contributed by atoms with E-state index in [1.54, 1.807) is 11.3 Å². The lowest BCUT2D eigenvalue weighted by Crippen LogP contribution is -2.39. The quantitative estimate of drug-likeness (QED) is 0.825. The third-order valence-electron chi connectivity index (χ3n) is 3.35. The first kappa shape index (κ1) is 16.6. The Bertz CT molecular complexity index is 607. The molecule has 0 unspecified atom stereocenters. The number of hydrogen-bond acceptors (Lipinski definition) is 4. The van der Waals surface area contributed by atoms with Crippen LogP contribution in [0.3, 0.4) is 0 Å². The highest BCUT2D eigenvalue weighted by Crippen LogP contribution is 2.24. The summed E-state index contributed by atoms with van der Waals surface area (Å²) in [4.78, 5) is 16.5. The fourth-order valence-corrected chi connectivity index (χ4v) is 2.96. The molecule has 1 aromatic heterocycles. The second-order valence-electron chi connectivity index (χ2n) is 5.45. The minimum absolute atomic E-state index is 0.0190. The van der Waals surface area contributed by atoms with E-state index in [1.165, 1.54) is 5.56 Å². The Hall–Kier alpha value is -1.72. The molecule has 118 valence electrons. The number of benzene rings is 1. The van der Waals surface area contributed by atoms with E-state index in [4.69, 9.17) is 0 Å². The van der Waals surface area contributed by atoms with E-state index in [9.17, 15) is 4.79 Å². The van der Waals surface area contributed by atoms with Gasteiger partial charge in [-0.3, -0.25) is 4.79 Å². The van der Waals surface area contributed by atoms with E-state index in [-0.39, 0.29) is 11.9 Å². The van der Waals surface area contributed by atoms with Crippen LogP contribution in [0.4, 0.5) is 0 Å². The predicted octanol–water partition coefficient (Wildman–Crippen LogP) is 2.78. The van der Waals surface area contributed by atoms with Crippen LogP contribution in [-0.4, -0.2) is 30.0 Å². The van der Waals surface area contributed by atoms with Gasteiger partial charge in [-0.2, -0.15) is 0 Å². The molecule has 1 aromatic carbocycles. The monoisotopic (exact) mass is 317 g/mol. The number of nitrogens with one attached hydrogen (secondary N) is 2. The van der Waals surface area contributed by atoms with E-state index in [1.807, 2.05) is 5.38 Å². The molecule has 0 spiro atoms. The van der Waals surface area contributed by atoms with E-state index >= 15 is 0 Å². The van der Waals surface area contributed by atoms with Crippen molar-refractivity contribution < 1.29 is 4.79 Å². The molecule has 5 heteroatoms. The molecule has 2 aromatic rings. The van der Waals surface area contributed by atoms with Crippen molar-refractivity contribution in [2.24, 2.45) is 0 Å². The topological polar surface area (TPSA) is 54.0 Å². The van der Waals surface area contributed by atoms with Crippen LogP contribution in [-0.2, 0) is 11.2 Å². The van der Waals surface area contributed by atoms with Gasteiger partial charge in [0.2, 0.25) is 5.91 Å². The van der Waals surface area contributed by atoms with Crippen molar-refractivity contribution in [2.75, 3.05) is 13.1 Å². The Kier molecular flexibility index (Phi) is 6.10. The van der Waals surface area contributed by atoms with Crippen molar-refractivity contribution in [3.63, 3.8) is 0 Å². The molecule has 0 saturated heterocycles. The number of rotatable bonds is 7. The predicted molar refractivity (Wildman–Crippen MR) is 92.1 cm³/mol. The fraction of sp³-hybridized carbons (Fsp3) is 0.412. The van der Waals surface area contributed by atoms with Crippen LogP contribution in [0.2, 0.25) is 0 Å². The maximum atomic E-state index is 11.9. The first-order valence-electron chi connectivity index (χ1n) is 7.60. The standard InChI is InChI=1S/C17H23N3OS/c1-4-18-13(3)10-19-16(21)9-15-11-22-17(20-15)14-7-5-12(2)6-8-14/h5-8,11,13,18H,4,9-10H2,1-3H3,(H,19,21)/t13-/m1/s1. The molecule has 2 N–H and O–H groups in total. The van der Waals surface area contributed by atoms with Crippen LogP contribution in [0.5, 0.6) is 0 Å². The average Bonchev–Trinajstić information content (AvgIpc) is 2.95. The van der Waals surface area contributed by atoms with Gasteiger partial charge in [0, 0.05) is 23.5 Å². The van der Waals surface area contributed by atoms with Gasteiger partial charge >= 0.3 is 0 Å². The zero-order valence-electron chi connectivity index (χ0n) is 13.3. The number of likely N-dealkylation sites (N-methyl/N-ethyl adjacent to an activating group) is 1. The van der Waals surface area contributed by atoms with Gasteiger partial charge in [0.15, 0.2) is 0 Å². The number of aromatic nitrogens is 1. The van der Waals surface area contributed by atoms with Crippen molar-refractivity contribution in [1.29, 1.82) is 0 Å². The highest BCUT2D eigenvalue weighted by molar-refractivity contribution is 7.13. The lowest BCUT2D eigenvalue weighted by Gasteiger charge is -2.12. The molecular weight excluding hydrogens is 294 g/mol. The Morgan fingerprint density at radius 3 is 2.73 bits per heavy atom. The second-order valence-corrected chi connectivity index (χ2v) is 6.31. The molecule has 0 aliphatic rings. The summed E-state index contributed by atoms with van der Waals surface area (Å²) >= 11 is 1.58. The van der Waals surface area contributed by atoms with Crippen LogP contribution in [0.1, 0.15) is 25.1 Å². The van der Waals surface area contributed by atoms with Gasteiger partial charge in [0.05, 0.1) is 12.1 Å². The number of carbonyl (C=O) groups is 1. The first-order valence-corrected chi connectivity index (χ1v) is 8.48. The summed E-state index contributed by atoms with van der Waals surface area (Å²) in [5.41, 5.74) is 3.16. The van der Waals surface area contributed by atoms with E-state index in [2.05, 4.69) is 60.7 Å². The number of amides is 1. The van der Waals surface area contributed by atoms with Gasteiger partial charge < -0.3 is 10.6 Å². The molecule has 0 aliphatic heterocycles.